The molecule has 3 fully saturated rings. The number of aryl methyl sites for hydroxylation is 1. The number of fused-ring (bicyclic) bond motifs is 4. The van der Waals surface area contributed by atoms with Gasteiger partial charge in [0.1, 0.15) is 24.5 Å². The number of carbonyl (C=O) groups excluding carboxylic acids is 4. The summed E-state index contributed by atoms with van der Waals surface area (Å²) in [6.07, 6.45) is 10.2. The topological polar surface area (TPSA) is 139 Å². The maximum Gasteiger partial charge on any atom is 0.262 e. The second kappa shape index (κ2) is 14.2. The van der Waals surface area contributed by atoms with E-state index in [4.69, 9.17) is 9.47 Å². The van der Waals surface area contributed by atoms with Crippen LogP contribution in [0.3, 0.4) is 0 Å². The molecule has 282 valence electrons. The highest BCUT2D eigenvalue weighted by molar-refractivity contribution is 6.23. The Morgan fingerprint density at radius 2 is 1.64 bits per heavy atom. The van der Waals surface area contributed by atoms with Gasteiger partial charge in [0.25, 0.3) is 11.8 Å². The van der Waals surface area contributed by atoms with Crippen LogP contribution in [0.1, 0.15) is 59.2 Å². The lowest BCUT2D eigenvalue weighted by Gasteiger charge is -2.46. The Labute approximate surface area is 318 Å². The highest BCUT2D eigenvalue weighted by Crippen LogP contribution is 2.35. The van der Waals surface area contributed by atoms with E-state index in [-0.39, 0.29) is 30.1 Å². The highest BCUT2D eigenvalue weighted by Gasteiger charge is 2.45. The number of pyridine rings is 2. The Morgan fingerprint density at radius 3 is 2.42 bits per heavy atom. The molecule has 1 saturated carbocycles. The molecule has 0 spiro atoms. The van der Waals surface area contributed by atoms with Crippen molar-refractivity contribution in [2.75, 3.05) is 33.3 Å². The lowest BCUT2D eigenvalue weighted by atomic mass is 9.86. The van der Waals surface area contributed by atoms with Crippen LogP contribution in [0.4, 0.5) is 0 Å². The molecule has 13 heteroatoms. The SMILES string of the molecule is CN(C1CCN(CCOc2ccc3c(c2)C(=O)N(C2CCC(=O)NC2=O)C3=O)CC1)C1CC(Oc2ccc(-c3ccc4c5cnccc5n(C)c4c3)cn2)C1. The van der Waals surface area contributed by atoms with E-state index in [1.165, 1.54) is 16.4 Å². The molecule has 1 N–H and O–H groups in total. The fourth-order valence-corrected chi connectivity index (χ4v) is 8.67. The largest absolute Gasteiger partial charge is 0.492 e. The highest BCUT2D eigenvalue weighted by atomic mass is 16.5. The molecule has 3 aromatic heterocycles. The molecule has 1 aliphatic carbocycles. The number of amides is 4. The first-order chi connectivity index (χ1) is 26.7. The number of piperidine rings is 2. The fraction of sp³-hybridized carbons (Fsp3) is 0.381. The second-order valence-electron chi connectivity index (χ2n) is 15.2. The zero-order chi connectivity index (χ0) is 37.8. The van der Waals surface area contributed by atoms with Crippen LogP contribution in [0.5, 0.6) is 11.6 Å². The van der Waals surface area contributed by atoms with Crippen LogP contribution in [0, 0.1) is 0 Å². The van der Waals surface area contributed by atoms with Gasteiger partial charge in [0.2, 0.25) is 17.7 Å². The maximum atomic E-state index is 13.1. The number of carbonyl (C=O) groups is 4. The van der Waals surface area contributed by atoms with Gasteiger partial charge in [-0.2, -0.15) is 0 Å². The summed E-state index contributed by atoms with van der Waals surface area (Å²) in [5, 5.41) is 4.57. The van der Waals surface area contributed by atoms with Crippen molar-refractivity contribution < 1.29 is 28.7 Å². The molecule has 0 bridgehead atoms. The van der Waals surface area contributed by atoms with Gasteiger partial charge in [0.15, 0.2) is 0 Å². The van der Waals surface area contributed by atoms with Crippen LogP contribution >= 0.6 is 0 Å². The van der Waals surface area contributed by atoms with Crippen molar-refractivity contribution in [2.24, 2.45) is 7.05 Å². The van der Waals surface area contributed by atoms with Crippen LogP contribution in [0.25, 0.3) is 32.9 Å². The molecule has 4 aliphatic rings. The van der Waals surface area contributed by atoms with Gasteiger partial charge in [-0.05, 0) is 81.4 Å². The van der Waals surface area contributed by atoms with Gasteiger partial charge < -0.3 is 18.9 Å². The molecule has 3 aliphatic heterocycles. The lowest BCUT2D eigenvalue weighted by Crippen LogP contribution is -2.54. The first-order valence-electron chi connectivity index (χ1n) is 19.1. The number of likely N-dealkylation sites (tertiary alicyclic amines) is 1. The molecule has 0 radical (unpaired) electrons. The predicted octanol–water partition coefficient (Wildman–Crippen LogP) is 4.57. The third kappa shape index (κ3) is 6.50. The van der Waals surface area contributed by atoms with E-state index in [2.05, 4.69) is 68.0 Å². The quantitative estimate of drug-likeness (QED) is 0.203. The molecule has 9 rings (SSSR count). The van der Waals surface area contributed by atoms with Gasteiger partial charge in [-0.25, -0.2) is 4.98 Å². The van der Waals surface area contributed by atoms with E-state index in [0.717, 1.165) is 66.7 Å². The third-order valence-electron chi connectivity index (χ3n) is 12.0. The number of benzene rings is 2. The van der Waals surface area contributed by atoms with Gasteiger partial charge in [-0.3, -0.25) is 39.3 Å². The lowest BCUT2D eigenvalue weighted by molar-refractivity contribution is -0.136. The number of nitrogens with one attached hydrogen (secondary N) is 1. The summed E-state index contributed by atoms with van der Waals surface area (Å²) >= 11 is 0. The Hall–Kier alpha value is -5.66. The summed E-state index contributed by atoms with van der Waals surface area (Å²) in [6.45, 7) is 3.16. The summed E-state index contributed by atoms with van der Waals surface area (Å²) in [7, 11) is 4.33. The molecule has 2 saturated heterocycles. The number of hydrogen-bond donors (Lipinski definition) is 1. The van der Waals surface area contributed by atoms with Crippen molar-refractivity contribution in [1.29, 1.82) is 0 Å². The van der Waals surface area contributed by atoms with E-state index < -0.39 is 29.7 Å². The molecular weight excluding hydrogens is 699 g/mol. The minimum absolute atomic E-state index is 0.0845. The number of imide groups is 2. The maximum absolute atomic E-state index is 13.1. The van der Waals surface area contributed by atoms with Gasteiger partial charge in [0, 0.05) is 91.4 Å². The monoisotopic (exact) mass is 741 g/mol. The van der Waals surface area contributed by atoms with Crippen molar-refractivity contribution in [3.8, 4) is 22.8 Å². The molecule has 1 unspecified atom stereocenters. The van der Waals surface area contributed by atoms with Gasteiger partial charge >= 0.3 is 0 Å². The van der Waals surface area contributed by atoms with Gasteiger partial charge in [-0.1, -0.05) is 12.1 Å². The summed E-state index contributed by atoms with van der Waals surface area (Å²) < 4.78 is 14.5. The molecule has 1 atom stereocenters. The number of aromatic nitrogens is 3. The Balaban J connectivity index is 0.711. The number of ether oxygens (including phenoxy) is 2. The van der Waals surface area contributed by atoms with E-state index in [1.807, 2.05) is 30.7 Å². The number of rotatable bonds is 10. The standard InChI is InChI=1S/C42H43N7O6/c1-46(28-20-30(21-28)55-39-10-4-26(23-44-39)25-3-6-31-34-24-43-14-11-35(34)47(2)37(31)19-25)27-12-15-48(16-13-27)17-18-54-29-5-7-32-33(22-29)42(53)49(41(32)52)36-8-9-38(50)45-40(36)51/h3-7,10-11,14,19,22-24,27-28,30,36H,8-9,12-13,15-18,20-21H2,1-2H3,(H,45,50,51). The normalized spacial score (nSPS) is 22.0. The average Bonchev–Trinajstić information content (AvgIpc) is 3.61. The van der Waals surface area contributed by atoms with E-state index in [1.54, 1.807) is 18.2 Å². The van der Waals surface area contributed by atoms with Crippen LogP contribution in [-0.4, -0.2) is 110 Å². The molecule has 6 heterocycles. The first-order valence-corrected chi connectivity index (χ1v) is 19.1. The van der Waals surface area contributed by atoms with Crippen LogP contribution < -0.4 is 14.8 Å². The Morgan fingerprint density at radius 1 is 0.836 bits per heavy atom. The Kier molecular flexibility index (Phi) is 9.05. The van der Waals surface area contributed by atoms with Crippen molar-refractivity contribution in [3.63, 3.8) is 0 Å². The smallest absolute Gasteiger partial charge is 0.262 e. The van der Waals surface area contributed by atoms with Crippen molar-refractivity contribution in [2.45, 2.75) is 62.8 Å². The van der Waals surface area contributed by atoms with Crippen molar-refractivity contribution >= 4 is 45.4 Å². The fourth-order valence-electron chi connectivity index (χ4n) is 8.67. The Bertz CT molecular complexity index is 2330. The van der Waals surface area contributed by atoms with E-state index in [9.17, 15) is 19.2 Å². The molecule has 4 amide bonds. The minimum atomic E-state index is -0.987. The molecular formula is C42H43N7O6. The summed E-state index contributed by atoms with van der Waals surface area (Å²) in [5.74, 6) is -0.910. The summed E-state index contributed by atoms with van der Waals surface area (Å²) in [5.41, 5.74) is 4.97. The minimum Gasteiger partial charge on any atom is -0.492 e. The van der Waals surface area contributed by atoms with Crippen LogP contribution in [0.2, 0.25) is 0 Å². The molecule has 2 aromatic carbocycles. The zero-order valence-electron chi connectivity index (χ0n) is 30.9. The van der Waals surface area contributed by atoms with Gasteiger partial charge in [0.05, 0.1) is 16.6 Å². The third-order valence-corrected chi connectivity index (χ3v) is 12.0. The summed E-state index contributed by atoms with van der Waals surface area (Å²) in [4.78, 5) is 64.9. The van der Waals surface area contributed by atoms with E-state index in [0.29, 0.717) is 30.3 Å². The molecule has 55 heavy (non-hydrogen) atoms. The number of nitrogens with zero attached hydrogens (tertiary/aromatic N) is 6. The van der Waals surface area contributed by atoms with Crippen molar-refractivity contribution in [1.82, 2.24) is 34.6 Å². The summed E-state index contributed by atoms with van der Waals surface area (Å²) in [6, 6.07) is 17.5. The second-order valence-corrected chi connectivity index (χ2v) is 15.2. The van der Waals surface area contributed by atoms with Crippen LogP contribution in [0.15, 0.2) is 73.2 Å². The first kappa shape index (κ1) is 35.1. The number of hydrogen-bond acceptors (Lipinski definition) is 10. The molecule has 5 aromatic rings. The zero-order valence-corrected chi connectivity index (χ0v) is 30.9. The van der Waals surface area contributed by atoms with Crippen LogP contribution in [-0.2, 0) is 16.6 Å². The van der Waals surface area contributed by atoms with E-state index >= 15 is 0 Å². The average molecular weight is 742 g/mol. The predicted molar refractivity (Wildman–Crippen MR) is 205 cm³/mol. The molecule has 13 nitrogen and oxygen atoms in total. The van der Waals surface area contributed by atoms with Gasteiger partial charge in [-0.15, -0.1) is 0 Å². The van der Waals surface area contributed by atoms with Crippen molar-refractivity contribution in [3.05, 3.63) is 84.3 Å².